The van der Waals surface area contributed by atoms with E-state index in [2.05, 4.69) is 10.1 Å². The normalized spacial score (nSPS) is 17.1. The Morgan fingerprint density at radius 3 is 2.88 bits per heavy atom. The van der Waals surface area contributed by atoms with Crippen LogP contribution in [0.2, 0.25) is 5.02 Å². The molecule has 1 aromatic heterocycles. The predicted octanol–water partition coefficient (Wildman–Crippen LogP) is 4.05. The Balaban J connectivity index is 1.50. The van der Waals surface area contributed by atoms with Crippen LogP contribution in [-0.2, 0) is 11.3 Å². The maximum atomic E-state index is 13.9. The van der Waals surface area contributed by atoms with Crippen LogP contribution in [-0.4, -0.2) is 27.5 Å². The maximum absolute atomic E-state index is 13.9. The third-order valence-electron chi connectivity index (χ3n) is 4.39. The highest BCUT2D eigenvalue weighted by atomic mass is 35.5. The summed E-state index contributed by atoms with van der Waals surface area (Å²) >= 11 is 6.00. The molecule has 1 aliphatic heterocycles. The van der Waals surface area contributed by atoms with E-state index in [1.807, 2.05) is 18.2 Å². The topological polar surface area (TPSA) is 59.2 Å². The van der Waals surface area contributed by atoms with Gasteiger partial charge in [-0.05, 0) is 29.8 Å². The second-order valence-electron chi connectivity index (χ2n) is 6.24. The van der Waals surface area contributed by atoms with E-state index in [1.54, 1.807) is 29.2 Å². The van der Waals surface area contributed by atoms with Crippen molar-refractivity contribution in [3.63, 3.8) is 0 Å². The van der Waals surface area contributed by atoms with Crippen LogP contribution in [0.4, 0.5) is 4.39 Å². The molecule has 4 rings (SSSR count). The number of hydrogen-bond acceptors (Lipinski definition) is 4. The Labute approximate surface area is 154 Å². The lowest BCUT2D eigenvalue weighted by atomic mass is 10.1. The number of carbonyl (C=O) groups is 1. The standard InChI is InChI=1S/C19H15ClFN3O2/c20-14-5-3-4-12(8-14)10-24-11-13(9-17(24)25)18-22-19(26-23-18)15-6-1-2-7-16(15)21/h1-8,13H,9-11H2. The summed E-state index contributed by atoms with van der Waals surface area (Å²) in [6.45, 7) is 0.968. The van der Waals surface area contributed by atoms with Gasteiger partial charge in [0.25, 0.3) is 5.89 Å². The molecule has 1 atom stereocenters. The van der Waals surface area contributed by atoms with Crippen LogP contribution in [0.15, 0.2) is 53.1 Å². The number of rotatable bonds is 4. The summed E-state index contributed by atoms with van der Waals surface area (Å²) in [7, 11) is 0. The molecule has 2 aromatic carbocycles. The molecule has 0 N–H and O–H groups in total. The summed E-state index contributed by atoms with van der Waals surface area (Å²) in [6, 6.07) is 13.6. The monoisotopic (exact) mass is 371 g/mol. The van der Waals surface area contributed by atoms with Crippen LogP contribution in [0, 0.1) is 5.82 Å². The van der Waals surface area contributed by atoms with Gasteiger partial charge in [-0.15, -0.1) is 0 Å². The van der Waals surface area contributed by atoms with Crippen molar-refractivity contribution in [1.29, 1.82) is 0 Å². The number of likely N-dealkylation sites (tertiary alicyclic amines) is 1. The minimum absolute atomic E-state index is 0.0206. The van der Waals surface area contributed by atoms with Gasteiger partial charge in [0.2, 0.25) is 5.91 Å². The van der Waals surface area contributed by atoms with Crippen molar-refractivity contribution < 1.29 is 13.7 Å². The molecule has 1 unspecified atom stereocenters. The summed E-state index contributed by atoms with van der Waals surface area (Å²) in [5.41, 5.74) is 1.22. The van der Waals surface area contributed by atoms with Crippen molar-refractivity contribution in [2.75, 3.05) is 6.54 Å². The molecule has 26 heavy (non-hydrogen) atoms. The molecule has 1 fully saturated rings. The van der Waals surface area contributed by atoms with Crippen LogP contribution in [0.1, 0.15) is 23.7 Å². The first kappa shape index (κ1) is 16.7. The van der Waals surface area contributed by atoms with Gasteiger partial charge in [-0.2, -0.15) is 4.98 Å². The van der Waals surface area contributed by atoms with Crippen molar-refractivity contribution in [3.8, 4) is 11.5 Å². The highest BCUT2D eigenvalue weighted by Crippen LogP contribution is 2.30. The van der Waals surface area contributed by atoms with E-state index < -0.39 is 5.82 Å². The molecule has 0 bridgehead atoms. The lowest BCUT2D eigenvalue weighted by molar-refractivity contribution is -0.128. The SMILES string of the molecule is O=C1CC(c2noc(-c3ccccc3F)n2)CN1Cc1cccc(Cl)c1. The second-order valence-corrected chi connectivity index (χ2v) is 6.68. The Morgan fingerprint density at radius 1 is 1.23 bits per heavy atom. The molecule has 0 radical (unpaired) electrons. The zero-order valence-electron chi connectivity index (χ0n) is 13.7. The molecule has 0 spiro atoms. The van der Waals surface area contributed by atoms with Gasteiger partial charge in [0.15, 0.2) is 5.82 Å². The number of halogens is 2. The number of carbonyl (C=O) groups excluding carboxylic acids is 1. The molecule has 2 heterocycles. The van der Waals surface area contributed by atoms with E-state index in [1.165, 1.54) is 6.07 Å². The number of aromatic nitrogens is 2. The lowest BCUT2D eigenvalue weighted by Crippen LogP contribution is -2.24. The second kappa shape index (κ2) is 6.88. The van der Waals surface area contributed by atoms with Gasteiger partial charge in [-0.1, -0.05) is 41.0 Å². The third kappa shape index (κ3) is 3.32. The predicted molar refractivity (Wildman–Crippen MR) is 93.9 cm³/mol. The molecule has 5 nitrogen and oxygen atoms in total. The summed E-state index contributed by atoms with van der Waals surface area (Å²) in [5, 5.41) is 4.59. The molecule has 0 saturated carbocycles. The molecule has 7 heteroatoms. The molecule has 1 saturated heterocycles. The van der Waals surface area contributed by atoms with Crippen LogP contribution in [0.5, 0.6) is 0 Å². The van der Waals surface area contributed by atoms with Crippen molar-refractivity contribution in [2.45, 2.75) is 18.9 Å². The Hall–Kier alpha value is -2.73. The highest BCUT2D eigenvalue weighted by molar-refractivity contribution is 6.30. The van der Waals surface area contributed by atoms with E-state index in [-0.39, 0.29) is 23.3 Å². The molecule has 1 aliphatic rings. The average molecular weight is 372 g/mol. The van der Waals surface area contributed by atoms with Gasteiger partial charge in [0.1, 0.15) is 5.82 Å². The summed E-state index contributed by atoms with van der Waals surface area (Å²) in [5.74, 6) is -0.0324. The van der Waals surface area contributed by atoms with E-state index in [0.29, 0.717) is 30.4 Å². The van der Waals surface area contributed by atoms with Gasteiger partial charge < -0.3 is 9.42 Å². The zero-order chi connectivity index (χ0) is 18.1. The Morgan fingerprint density at radius 2 is 2.08 bits per heavy atom. The molecule has 132 valence electrons. The van der Waals surface area contributed by atoms with Crippen LogP contribution in [0.3, 0.4) is 0 Å². The van der Waals surface area contributed by atoms with Gasteiger partial charge in [-0.3, -0.25) is 4.79 Å². The number of amides is 1. The van der Waals surface area contributed by atoms with Crippen LogP contribution >= 0.6 is 11.6 Å². The van der Waals surface area contributed by atoms with E-state index in [4.69, 9.17) is 16.1 Å². The van der Waals surface area contributed by atoms with Crippen LogP contribution in [0.25, 0.3) is 11.5 Å². The fourth-order valence-corrected chi connectivity index (χ4v) is 3.31. The Bertz CT molecular complexity index is 959. The third-order valence-corrected chi connectivity index (χ3v) is 4.62. The van der Waals surface area contributed by atoms with Gasteiger partial charge in [-0.25, -0.2) is 4.39 Å². The quantitative estimate of drug-likeness (QED) is 0.694. The largest absolute Gasteiger partial charge is 0.338 e. The van der Waals surface area contributed by atoms with E-state index in [0.717, 1.165) is 5.56 Å². The molecular weight excluding hydrogens is 357 g/mol. The fraction of sp³-hybridized carbons (Fsp3) is 0.211. The highest BCUT2D eigenvalue weighted by Gasteiger charge is 2.34. The molecule has 0 aliphatic carbocycles. The number of hydrogen-bond donors (Lipinski definition) is 0. The van der Waals surface area contributed by atoms with Crippen molar-refractivity contribution in [3.05, 3.63) is 70.8 Å². The average Bonchev–Trinajstić information content (AvgIpc) is 3.23. The molecule has 1 amide bonds. The van der Waals surface area contributed by atoms with Gasteiger partial charge in [0.05, 0.1) is 5.56 Å². The summed E-state index contributed by atoms with van der Waals surface area (Å²) < 4.78 is 19.1. The minimum atomic E-state index is -0.423. The van der Waals surface area contributed by atoms with Gasteiger partial charge in [0, 0.05) is 30.5 Å². The molecular formula is C19H15ClFN3O2. The van der Waals surface area contributed by atoms with Gasteiger partial charge >= 0.3 is 0 Å². The Kier molecular flexibility index (Phi) is 4.42. The molecule has 3 aromatic rings. The number of benzene rings is 2. The van der Waals surface area contributed by atoms with Crippen molar-refractivity contribution in [1.82, 2.24) is 15.0 Å². The van der Waals surface area contributed by atoms with Crippen molar-refractivity contribution in [2.24, 2.45) is 0 Å². The van der Waals surface area contributed by atoms with Crippen LogP contribution < -0.4 is 0 Å². The number of nitrogens with zero attached hydrogens (tertiary/aromatic N) is 3. The summed E-state index contributed by atoms with van der Waals surface area (Å²) in [6.07, 6.45) is 0.302. The smallest absolute Gasteiger partial charge is 0.260 e. The minimum Gasteiger partial charge on any atom is -0.338 e. The first-order chi connectivity index (χ1) is 12.6. The summed E-state index contributed by atoms with van der Waals surface area (Å²) in [4.78, 5) is 18.4. The fourth-order valence-electron chi connectivity index (χ4n) is 3.10. The first-order valence-electron chi connectivity index (χ1n) is 8.21. The maximum Gasteiger partial charge on any atom is 0.260 e. The van der Waals surface area contributed by atoms with E-state index >= 15 is 0 Å². The van der Waals surface area contributed by atoms with Crippen molar-refractivity contribution >= 4 is 17.5 Å². The lowest BCUT2D eigenvalue weighted by Gasteiger charge is -2.16. The first-order valence-corrected chi connectivity index (χ1v) is 8.58. The van der Waals surface area contributed by atoms with E-state index in [9.17, 15) is 9.18 Å². The zero-order valence-corrected chi connectivity index (χ0v) is 14.5.